The molecule has 5 heteroatoms. The second-order valence-electron chi connectivity index (χ2n) is 4.76. The zero-order valence-corrected chi connectivity index (χ0v) is 13.5. The van der Waals surface area contributed by atoms with Crippen LogP contribution >= 0.6 is 11.3 Å². The third-order valence-electron chi connectivity index (χ3n) is 3.27. The minimum Gasteiger partial charge on any atom is -0.378 e. The second kappa shape index (κ2) is 5.97. The van der Waals surface area contributed by atoms with Crippen LogP contribution in [0.4, 0.5) is 5.69 Å². The molecule has 108 valence electrons. The first-order chi connectivity index (χ1) is 9.44. The van der Waals surface area contributed by atoms with E-state index in [4.69, 9.17) is 0 Å². The molecule has 20 heavy (non-hydrogen) atoms. The maximum Gasteiger partial charge on any atom is 0.178 e. The molecule has 2 rings (SSSR count). The normalized spacial score (nSPS) is 13.2. The molecule has 0 radical (unpaired) electrons. The molecule has 1 heterocycles. The fourth-order valence-corrected chi connectivity index (χ4v) is 3.89. The van der Waals surface area contributed by atoms with Crippen molar-refractivity contribution in [1.29, 1.82) is 0 Å². The Labute approximate surface area is 124 Å². The molecule has 0 aliphatic heterocycles. The van der Waals surface area contributed by atoms with Crippen LogP contribution in [0, 0.1) is 6.92 Å². The molecule has 3 nitrogen and oxygen atoms in total. The van der Waals surface area contributed by atoms with Gasteiger partial charge < -0.3 is 5.32 Å². The Bertz CT molecular complexity index is 672. The van der Waals surface area contributed by atoms with Crippen LogP contribution in [0.5, 0.6) is 0 Å². The van der Waals surface area contributed by atoms with Gasteiger partial charge in [0.05, 0.1) is 16.7 Å². The summed E-state index contributed by atoms with van der Waals surface area (Å²) in [6.07, 6.45) is 0. The van der Waals surface area contributed by atoms with E-state index in [1.54, 1.807) is 30.4 Å². The fourth-order valence-electron chi connectivity index (χ4n) is 2.07. The molecule has 0 aliphatic rings. The lowest BCUT2D eigenvalue weighted by atomic mass is 10.2. The SMILES string of the molecule is CCS(=O)(=O)c1ccc(NC(C)c2sccc2C)cc1. The molecule has 1 aromatic carbocycles. The molecule has 1 atom stereocenters. The average molecular weight is 309 g/mol. The molecule has 1 N–H and O–H groups in total. The minimum atomic E-state index is -3.12. The van der Waals surface area contributed by atoms with Gasteiger partial charge in [-0.05, 0) is 55.1 Å². The second-order valence-corrected chi connectivity index (χ2v) is 7.99. The molecule has 0 amide bonds. The maximum atomic E-state index is 11.7. The smallest absolute Gasteiger partial charge is 0.178 e. The highest BCUT2D eigenvalue weighted by Crippen LogP contribution is 2.27. The number of hydrogen-bond acceptors (Lipinski definition) is 4. The van der Waals surface area contributed by atoms with Gasteiger partial charge in [0.2, 0.25) is 0 Å². The Balaban J connectivity index is 2.14. The van der Waals surface area contributed by atoms with Crippen molar-refractivity contribution in [2.45, 2.75) is 31.7 Å². The molecule has 0 saturated carbocycles. The molecule has 0 saturated heterocycles. The van der Waals surface area contributed by atoms with Gasteiger partial charge in [0, 0.05) is 10.6 Å². The van der Waals surface area contributed by atoms with E-state index in [0.29, 0.717) is 4.90 Å². The van der Waals surface area contributed by atoms with Crippen LogP contribution in [-0.2, 0) is 9.84 Å². The largest absolute Gasteiger partial charge is 0.378 e. The van der Waals surface area contributed by atoms with Crippen molar-refractivity contribution in [2.24, 2.45) is 0 Å². The number of thiophene rings is 1. The van der Waals surface area contributed by atoms with Gasteiger partial charge in [0.1, 0.15) is 0 Å². The highest BCUT2D eigenvalue weighted by atomic mass is 32.2. The van der Waals surface area contributed by atoms with E-state index in [2.05, 4.69) is 30.6 Å². The van der Waals surface area contributed by atoms with E-state index >= 15 is 0 Å². The quantitative estimate of drug-likeness (QED) is 0.907. The third-order valence-corrected chi connectivity index (χ3v) is 6.22. The van der Waals surface area contributed by atoms with Gasteiger partial charge >= 0.3 is 0 Å². The summed E-state index contributed by atoms with van der Waals surface area (Å²) in [5.74, 6) is 0.130. The number of aryl methyl sites for hydroxylation is 1. The Morgan fingerprint density at radius 3 is 2.35 bits per heavy atom. The van der Waals surface area contributed by atoms with E-state index in [9.17, 15) is 8.42 Å². The summed E-state index contributed by atoms with van der Waals surface area (Å²) < 4.78 is 23.5. The maximum absolute atomic E-state index is 11.7. The first-order valence-corrected chi connectivity index (χ1v) is 9.10. The number of nitrogens with one attached hydrogen (secondary N) is 1. The van der Waals surface area contributed by atoms with E-state index in [1.165, 1.54) is 10.4 Å². The molecular formula is C15H19NO2S2. The van der Waals surface area contributed by atoms with Crippen LogP contribution in [0.1, 0.15) is 30.3 Å². The number of rotatable bonds is 5. The van der Waals surface area contributed by atoms with Gasteiger partial charge in [-0.1, -0.05) is 6.92 Å². The van der Waals surface area contributed by atoms with E-state index in [1.807, 2.05) is 12.1 Å². The summed E-state index contributed by atoms with van der Waals surface area (Å²) in [7, 11) is -3.12. The molecule has 0 spiro atoms. The van der Waals surface area contributed by atoms with Gasteiger partial charge in [-0.3, -0.25) is 0 Å². The summed E-state index contributed by atoms with van der Waals surface area (Å²) in [6.45, 7) is 5.86. The predicted molar refractivity (Wildman–Crippen MR) is 85.3 cm³/mol. The topological polar surface area (TPSA) is 46.2 Å². The average Bonchev–Trinajstić information content (AvgIpc) is 2.85. The standard InChI is InChI=1S/C15H19NO2S2/c1-4-20(17,18)14-7-5-13(6-8-14)16-12(3)15-11(2)9-10-19-15/h5-10,12,16H,4H2,1-3H3. The Morgan fingerprint density at radius 1 is 1.20 bits per heavy atom. The number of sulfone groups is 1. The predicted octanol–water partition coefficient (Wildman–Crippen LogP) is 4.02. The van der Waals surface area contributed by atoms with Crippen molar-refractivity contribution in [3.05, 3.63) is 46.2 Å². The Kier molecular flexibility index (Phi) is 4.50. The van der Waals surface area contributed by atoms with Gasteiger partial charge in [-0.2, -0.15) is 0 Å². The first kappa shape index (κ1) is 15.1. The van der Waals surface area contributed by atoms with Crippen LogP contribution in [0.3, 0.4) is 0 Å². The van der Waals surface area contributed by atoms with Gasteiger partial charge in [-0.15, -0.1) is 11.3 Å². The fraction of sp³-hybridized carbons (Fsp3) is 0.333. The van der Waals surface area contributed by atoms with Crippen molar-refractivity contribution in [3.63, 3.8) is 0 Å². The lowest BCUT2D eigenvalue weighted by Gasteiger charge is -2.15. The van der Waals surface area contributed by atoms with Gasteiger partial charge in [0.15, 0.2) is 9.84 Å². The lowest BCUT2D eigenvalue weighted by Crippen LogP contribution is -2.07. The monoisotopic (exact) mass is 309 g/mol. The third kappa shape index (κ3) is 3.22. The summed E-state index contributed by atoms with van der Waals surface area (Å²) in [4.78, 5) is 1.68. The Morgan fingerprint density at radius 2 is 1.85 bits per heavy atom. The van der Waals surface area contributed by atoms with Gasteiger partial charge in [0.25, 0.3) is 0 Å². The molecule has 0 bridgehead atoms. The highest BCUT2D eigenvalue weighted by Gasteiger charge is 2.12. The summed E-state index contributed by atoms with van der Waals surface area (Å²) in [6, 6.07) is 9.28. The van der Waals surface area contributed by atoms with E-state index in [0.717, 1.165) is 5.69 Å². The van der Waals surface area contributed by atoms with Crippen molar-refractivity contribution in [1.82, 2.24) is 0 Å². The summed E-state index contributed by atoms with van der Waals surface area (Å²) >= 11 is 1.73. The summed E-state index contributed by atoms with van der Waals surface area (Å²) in [5, 5.41) is 5.48. The zero-order chi connectivity index (χ0) is 14.8. The molecule has 2 aromatic rings. The Hall–Kier alpha value is -1.33. The summed E-state index contributed by atoms with van der Waals surface area (Å²) in [5.41, 5.74) is 2.21. The van der Waals surface area contributed by atoms with Crippen molar-refractivity contribution < 1.29 is 8.42 Å². The van der Waals surface area contributed by atoms with Crippen LogP contribution in [0.2, 0.25) is 0 Å². The van der Waals surface area contributed by atoms with E-state index in [-0.39, 0.29) is 11.8 Å². The first-order valence-electron chi connectivity index (χ1n) is 6.57. The number of benzene rings is 1. The lowest BCUT2D eigenvalue weighted by molar-refractivity contribution is 0.597. The van der Waals surface area contributed by atoms with Crippen LogP contribution < -0.4 is 5.32 Å². The number of anilines is 1. The van der Waals surface area contributed by atoms with Crippen LogP contribution in [-0.4, -0.2) is 14.2 Å². The van der Waals surface area contributed by atoms with E-state index < -0.39 is 9.84 Å². The number of hydrogen-bond donors (Lipinski definition) is 1. The van der Waals surface area contributed by atoms with Crippen molar-refractivity contribution >= 4 is 26.9 Å². The molecule has 0 fully saturated rings. The molecule has 1 aromatic heterocycles. The zero-order valence-electron chi connectivity index (χ0n) is 11.9. The highest BCUT2D eigenvalue weighted by molar-refractivity contribution is 7.91. The van der Waals surface area contributed by atoms with Crippen LogP contribution in [0.25, 0.3) is 0 Å². The molecule has 0 aliphatic carbocycles. The van der Waals surface area contributed by atoms with Crippen molar-refractivity contribution in [2.75, 3.05) is 11.1 Å². The van der Waals surface area contributed by atoms with Gasteiger partial charge in [-0.25, -0.2) is 8.42 Å². The molecular weight excluding hydrogens is 290 g/mol. The minimum absolute atomic E-state index is 0.130. The molecule has 1 unspecified atom stereocenters. The van der Waals surface area contributed by atoms with Crippen molar-refractivity contribution in [3.8, 4) is 0 Å². The van der Waals surface area contributed by atoms with Crippen LogP contribution in [0.15, 0.2) is 40.6 Å².